The molecule has 0 aliphatic heterocycles. The number of rotatable bonds is 6. The van der Waals surface area contributed by atoms with Crippen molar-refractivity contribution in [3.63, 3.8) is 0 Å². The summed E-state index contributed by atoms with van der Waals surface area (Å²) < 4.78 is 1.87. The molecule has 118 valence electrons. The summed E-state index contributed by atoms with van der Waals surface area (Å²) in [6.07, 6.45) is 2.75. The Labute approximate surface area is 125 Å². The zero-order valence-electron chi connectivity index (χ0n) is 13.4. The van der Waals surface area contributed by atoms with Crippen molar-refractivity contribution in [2.75, 3.05) is 13.2 Å². The number of nitrogens with one attached hydrogen (secondary N) is 2. The highest BCUT2D eigenvalue weighted by atomic mass is 16.3. The number of aromatic nitrogens is 2. The molecule has 21 heavy (non-hydrogen) atoms. The lowest BCUT2D eigenvalue weighted by atomic mass is 10.1. The molecule has 0 aromatic carbocycles. The summed E-state index contributed by atoms with van der Waals surface area (Å²) in [5.74, 6) is 0. The van der Waals surface area contributed by atoms with Gasteiger partial charge >= 0.3 is 6.03 Å². The summed E-state index contributed by atoms with van der Waals surface area (Å²) >= 11 is 0. The first kappa shape index (κ1) is 15.8. The van der Waals surface area contributed by atoms with Crippen LogP contribution in [0.4, 0.5) is 4.79 Å². The molecule has 1 heterocycles. The molecule has 3 N–H and O–H groups in total. The van der Waals surface area contributed by atoms with Crippen molar-refractivity contribution in [1.82, 2.24) is 20.4 Å². The summed E-state index contributed by atoms with van der Waals surface area (Å²) in [5.41, 5.74) is 3.29. The summed E-state index contributed by atoms with van der Waals surface area (Å²) in [6, 6.07) is -0.127. The van der Waals surface area contributed by atoms with Crippen LogP contribution in [0.2, 0.25) is 0 Å². The van der Waals surface area contributed by atoms with Gasteiger partial charge in [-0.15, -0.1) is 0 Å². The number of aliphatic hydroxyl groups excluding tert-OH is 1. The summed E-state index contributed by atoms with van der Waals surface area (Å²) in [5, 5.41) is 19.4. The quantitative estimate of drug-likeness (QED) is 0.733. The number of amides is 2. The van der Waals surface area contributed by atoms with E-state index in [9.17, 15) is 9.90 Å². The van der Waals surface area contributed by atoms with Crippen LogP contribution in [0.5, 0.6) is 0 Å². The highest BCUT2D eigenvalue weighted by molar-refractivity contribution is 5.74. The van der Waals surface area contributed by atoms with Crippen LogP contribution in [0.25, 0.3) is 0 Å². The van der Waals surface area contributed by atoms with Crippen molar-refractivity contribution in [1.29, 1.82) is 0 Å². The van der Waals surface area contributed by atoms with Crippen LogP contribution < -0.4 is 10.6 Å². The predicted octanol–water partition coefficient (Wildman–Crippen LogP) is 1.04. The minimum absolute atomic E-state index is 0.0379. The molecule has 1 aliphatic carbocycles. The summed E-state index contributed by atoms with van der Waals surface area (Å²) in [4.78, 5) is 11.9. The molecule has 2 amide bonds. The first-order valence-corrected chi connectivity index (χ1v) is 7.51. The van der Waals surface area contributed by atoms with Gasteiger partial charge in [0.2, 0.25) is 0 Å². The van der Waals surface area contributed by atoms with Crippen molar-refractivity contribution < 1.29 is 9.90 Å². The zero-order valence-corrected chi connectivity index (χ0v) is 13.4. The Balaban J connectivity index is 1.81. The topological polar surface area (TPSA) is 79.2 Å². The van der Waals surface area contributed by atoms with E-state index in [4.69, 9.17) is 0 Å². The van der Waals surface area contributed by atoms with Crippen LogP contribution in [0, 0.1) is 19.3 Å². The van der Waals surface area contributed by atoms with E-state index >= 15 is 0 Å². The fourth-order valence-corrected chi connectivity index (χ4v) is 2.58. The highest BCUT2D eigenvalue weighted by Gasteiger charge is 2.42. The van der Waals surface area contributed by atoms with Gasteiger partial charge in [-0.05, 0) is 45.6 Å². The fourth-order valence-electron chi connectivity index (χ4n) is 2.58. The summed E-state index contributed by atoms with van der Waals surface area (Å²) in [6.45, 7) is 6.72. The Kier molecular flexibility index (Phi) is 4.56. The fraction of sp³-hybridized carbons (Fsp3) is 0.733. The average molecular weight is 294 g/mol. The number of hydrogen-bond donors (Lipinski definition) is 3. The molecule has 6 nitrogen and oxygen atoms in total. The smallest absolute Gasteiger partial charge is 0.315 e. The average Bonchev–Trinajstić information content (AvgIpc) is 3.17. The maximum absolute atomic E-state index is 11.9. The third-order valence-corrected chi connectivity index (χ3v) is 4.46. The normalized spacial score (nSPS) is 17.4. The van der Waals surface area contributed by atoms with Gasteiger partial charge < -0.3 is 15.7 Å². The third kappa shape index (κ3) is 3.75. The largest absolute Gasteiger partial charge is 0.396 e. The van der Waals surface area contributed by atoms with Crippen LogP contribution >= 0.6 is 0 Å². The van der Waals surface area contributed by atoms with E-state index in [-0.39, 0.29) is 24.1 Å². The second-order valence-corrected chi connectivity index (χ2v) is 6.36. The molecule has 1 unspecified atom stereocenters. The predicted molar refractivity (Wildman–Crippen MR) is 81.1 cm³/mol. The number of aryl methyl sites for hydroxylation is 2. The van der Waals surface area contributed by atoms with Crippen LogP contribution in [-0.4, -0.2) is 40.1 Å². The van der Waals surface area contributed by atoms with Gasteiger partial charge in [-0.3, -0.25) is 4.68 Å². The number of carbonyl (C=O) groups excluding carboxylic acids is 1. The molecule has 1 aromatic rings. The van der Waals surface area contributed by atoms with Gasteiger partial charge in [0.25, 0.3) is 0 Å². The Morgan fingerprint density at radius 3 is 2.62 bits per heavy atom. The number of nitrogens with zero attached hydrogens (tertiary/aromatic N) is 2. The monoisotopic (exact) mass is 294 g/mol. The maximum atomic E-state index is 11.9. The van der Waals surface area contributed by atoms with Crippen LogP contribution in [0.1, 0.15) is 36.7 Å². The lowest BCUT2D eigenvalue weighted by Gasteiger charge is -2.17. The van der Waals surface area contributed by atoms with Gasteiger partial charge in [0.1, 0.15) is 0 Å². The minimum Gasteiger partial charge on any atom is -0.396 e. The standard InChI is InChI=1S/C15H26N4O2/c1-10(7-13-11(2)18-19(4)12(13)3)17-14(21)16-8-15(9-20)5-6-15/h10,20H,5-9H2,1-4H3,(H2,16,17,21). The summed E-state index contributed by atoms with van der Waals surface area (Å²) in [7, 11) is 1.93. The van der Waals surface area contributed by atoms with Crippen molar-refractivity contribution in [2.24, 2.45) is 12.5 Å². The van der Waals surface area contributed by atoms with Gasteiger partial charge in [0.05, 0.1) is 12.3 Å². The van der Waals surface area contributed by atoms with Crippen molar-refractivity contribution in [2.45, 2.75) is 46.1 Å². The van der Waals surface area contributed by atoms with Gasteiger partial charge in [-0.25, -0.2) is 4.79 Å². The molecule has 1 fully saturated rings. The Morgan fingerprint density at radius 1 is 1.48 bits per heavy atom. The van der Waals surface area contributed by atoms with E-state index in [1.807, 2.05) is 32.5 Å². The van der Waals surface area contributed by atoms with Crippen molar-refractivity contribution in [3.05, 3.63) is 17.0 Å². The van der Waals surface area contributed by atoms with Gasteiger partial charge in [0.15, 0.2) is 0 Å². The van der Waals surface area contributed by atoms with Gasteiger partial charge in [-0.1, -0.05) is 0 Å². The Morgan fingerprint density at radius 2 is 2.14 bits per heavy atom. The molecule has 6 heteroatoms. The van der Waals surface area contributed by atoms with Crippen LogP contribution in [-0.2, 0) is 13.5 Å². The van der Waals surface area contributed by atoms with Gasteiger partial charge in [0, 0.05) is 30.7 Å². The second-order valence-electron chi connectivity index (χ2n) is 6.36. The molecular formula is C15H26N4O2. The molecule has 1 aromatic heterocycles. The Hall–Kier alpha value is -1.56. The Bertz CT molecular complexity index is 520. The molecular weight excluding hydrogens is 268 g/mol. The molecule has 1 aliphatic rings. The van der Waals surface area contributed by atoms with E-state index in [0.29, 0.717) is 6.54 Å². The van der Waals surface area contributed by atoms with E-state index in [2.05, 4.69) is 15.7 Å². The first-order chi connectivity index (χ1) is 9.87. The number of urea groups is 1. The van der Waals surface area contributed by atoms with E-state index < -0.39 is 0 Å². The van der Waals surface area contributed by atoms with Crippen LogP contribution in [0.3, 0.4) is 0 Å². The number of carbonyl (C=O) groups is 1. The zero-order chi connectivity index (χ0) is 15.6. The van der Waals surface area contributed by atoms with E-state index in [1.54, 1.807) is 0 Å². The minimum atomic E-state index is -0.165. The third-order valence-electron chi connectivity index (χ3n) is 4.46. The second kappa shape index (κ2) is 6.05. The number of hydrogen-bond acceptors (Lipinski definition) is 3. The lowest BCUT2D eigenvalue weighted by molar-refractivity contribution is 0.202. The molecule has 0 radical (unpaired) electrons. The van der Waals surface area contributed by atoms with Crippen molar-refractivity contribution in [3.8, 4) is 0 Å². The van der Waals surface area contributed by atoms with E-state index in [0.717, 1.165) is 30.7 Å². The van der Waals surface area contributed by atoms with E-state index in [1.165, 1.54) is 5.56 Å². The number of aliphatic hydroxyl groups is 1. The lowest BCUT2D eigenvalue weighted by Crippen LogP contribution is -2.44. The first-order valence-electron chi connectivity index (χ1n) is 7.51. The molecule has 1 atom stereocenters. The molecule has 2 rings (SSSR count). The molecule has 0 spiro atoms. The van der Waals surface area contributed by atoms with Gasteiger partial charge in [-0.2, -0.15) is 5.10 Å². The molecule has 1 saturated carbocycles. The van der Waals surface area contributed by atoms with Crippen LogP contribution in [0.15, 0.2) is 0 Å². The molecule has 0 saturated heterocycles. The highest BCUT2D eigenvalue weighted by Crippen LogP contribution is 2.44. The molecule has 0 bridgehead atoms. The van der Waals surface area contributed by atoms with Crippen molar-refractivity contribution >= 4 is 6.03 Å². The SMILES string of the molecule is Cc1nn(C)c(C)c1CC(C)NC(=O)NCC1(CO)CC1. The maximum Gasteiger partial charge on any atom is 0.315 e.